The second-order valence-electron chi connectivity index (χ2n) is 4.58. The van der Waals surface area contributed by atoms with Crippen molar-refractivity contribution in [3.63, 3.8) is 0 Å². The number of sulfonamides is 1. The summed E-state index contributed by atoms with van der Waals surface area (Å²) in [5, 5.41) is 3.01. The van der Waals surface area contributed by atoms with Gasteiger partial charge >= 0.3 is 15.5 Å². The lowest BCUT2D eigenvalue weighted by molar-refractivity contribution is -0.120. The van der Waals surface area contributed by atoms with E-state index in [0.717, 1.165) is 0 Å². The number of hydrogen-bond donors (Lipinski definition) is 2. The molecular weight excluding hydrogens is 373 g/mol. The molecule has 1 amide bonds. The number of rotatable bonds is 8. The van der Waals surface area contributed by atoms with Crippen LogP contribution in [0.1, 0.15) is 18.9 Å². The number of carbonyl (C=O) groups excluding carboxylic acids is 1. The molecule has 0 fully saturated rings. The van der Waals surface area contributed by atoms with Crippen molar-refractivity contribution in [3.05, 3.63) is 28.8 Å². The molecule has 11 heteroatoms. The zero-order valence-electron chi connectivity index (χ0n) is 12.6. The molecule has 0 aliphatic rings. The van der Waals surface area contributed by atoms with Gasteiger partial charge in [-0.15, -0.1) is 0 Å². The van der Waals surface area contributed by atoms with E-state index in [0.29, 0.717) is 17.0 Å². The Labute approximate surface area is 142 Å². The number of halogens is 4. The first-order chi connectivity index (χ1) is 11.1. The average Bonchev–Trinajstić information content (AvgIpc) is 2.50. The Kier molecular flexibility index (Phi) is 7.30. The minimum atomic E-state index is -5.39. The first-order valence-corrected chi connectivity index (χ1v) is 8.66. The molecule has 2 N–H and O–H groups in total. The molecule has 1 aromatic carbocycles. The largest absolute Gasteiger partial charge is 0.511 e. The lowest BCUT2D eigenvalue weighted by Crippen LogP contribution is -2.38. The van der Waals surface area contributed by atoms with Crippen molar-refractivity contribution in [1.29, 1.82) is 0 Å². The van der Waals surface area contributed by atoms with Gasteiger partial charge in [0.2, 0.25) is 5.91 Å². The van der Waals surface area contributed by atoms with Gasteiger partial charge in [-0.1, -0.05) is 18.5 Å². The fraction of sp³-hybridized carbons (Fsp3) is 0.462. The van der Waals surface area contributed by atoms with Gasteiger partial charge in [-0.25, -0.2) is 13.1 Å². The zero-order valence-corrected chi connectivity index (χ0v) is 14.2. The Morgan fingerprint density at radius 1 is 1.33 bits per heavy atom. The summed E-state index contributed by atoms with van der Waals surface area (Å²) in [5.41, 5.74) is -4.80. The van der Waals surface area contributed by atoms with Crippen LogP contribution >= 0.6 is 11.6 Å². The predicted molar refractivity (Wildman–Crippen MR) is 82.1 cm³/mol. The maximum atomic E-state index is 12.1. The van der Waals surface area contributed by atoms with E-state index in [9.17, 15) is 26.4 Å². The Bertz CT molecular complexity index is 680. The van der Waals surface area contributed by atoms with Crippen LogP contribution in [0.2, 0.25) is 5.02 Å². The van der Waals surface area contributed by atoms with Crippen LogP contribution in [0, 0.1) is 0 Å². The molecule has 1 rings (SSSR count). The SMILES string of the molecule is CCC(=O)NCc1cc(OCCNS(=O)(=O)C(F)(F)F)ccc1Cl. The second-order valence-corrected chi connectivity index (χ2v) is 6.74. The Morgan fingerprint density at radius 3 is 2.58 bits per heavy atom. The van der Waals surface area contributed by atoms with E-state index in [4.69, 9.17) is 16.3 Å². The van der Waals surface area contributed by atoms with Gasteiger partial charge in [-0.05, 0) is 23.8 Å². The zero-order chi connectivity index (χ0) is 18.4. The Balaban J connectivity index is 2.56. The lowest BCUT2D eigenvalue weighted by Gasteiger charge is -2.12. The third-order valence-electron chi connectivity index (χ3n) is 2.78. The van der Waals surface area contributed by atoms with Crippen molar-refractivity contribution in [2.24, 2.45) is 0 Å². The van der Waals surface area contributed by atoms with E-state index in [-0.39, 0.29) is 24.8 Å². The van der Waals surface area contributed by atoms with E-state index in [2.05, 4.69) is 5.32 Å². The van der Waals surface area contributed by atoms with Crippen LogP contribution in [0.3, 0.4) is 0 Å². The van der Waals surface area contributed by atoms with Gasteiger partial charge in [0.25, 0.3) is 0 Å². The summed E-state index contributed by atoms with van der Waals surface area (Å²) in [5.74, 6) is 0.116. The topological polar surface area (TPSA) is 84.5 Å². The molecule has 136 valence electrons. The summed E-state index contributed by atoms with van der Waals surface area (Å²) in [7, 11) is -5.39. The third-order valence-corrected chi connectivity index (χ3v) is 4.34. The number of benzene rings is 1. The maximum Gasteiger partial charge on any atom is 0.511 e. The highest BCUT2D eigenvalue weighted by Crippen LogP contribution is 2.23. The number of carbonyl (C=O) groups is 1. The molecule has 1 aromatic rings. The number of ether oxygens (including phenoxy) is 1. The minimum absolute atomic E-state index is 0.168. The highest BCUT2D eigenvalue weighted by Gasteiger charge is 2.45. The number of alkyl halides is 3. The van der Waals surface area contributed by atoms with Crippen molar-refractivity contribution in [3.8, 4) is 5.75 Å². The molecule has 0 spiro atoms. The van der Waals surface area contributed by atoms with Crippen molar-refractivity contribution >= 4 is 27.5 Å². The first kappa shape index (κ1) is 20.5. The van der Waals surface area contributed by atoms with E-state index in [1.165, 1.54) is 22.9 Å². The quantitative estimate of drug-likeness (QED) is 0.668. The number of hydrogen-bond acceptors (Lipinski definition) is 4. The van der Waals surface area contributed by atoms with Crippen molar-refractivity contribution in [2.75, 3.05) is 13.2 Å². The normalized spacial score (nSPS) is 12.0. The van der Waals surface area contributed by atoms with E-state index in [1.54, 1.807) is 6.92 Å². The fourth-order valence-corrected chi connectivity index (χ4v) is 2.22. The van der Waals surface area contributed by atoms with Gasteiger partial charge < -0.3 is 10.1 Å². The molecule has 0 saturated carbocycles. The van der Waals surface area contributed by atoms with Crippen LogP contribution in [0.4, 0.5) is 13.2 Å². The van der Waals surface area contributed by atoms with Gasteiger partial charge in [-0.2, -0.15) is 13.2 Å². The van der Waals surface area contributed by atoms with Crippen LogP contribution in [0.5, 0.6) is 5.75 Å². The Hall–Kier alpha value is -1.52. The van der Waals surface area contributed by atoms with Crippen LogP contribution < -0.4 is 14.8 Å². The van der Waals surface area contributed by atoms with Gasteiger partial charge in [0.1, 0.15) is 12.4 Å². The third kappa shape index (κ3) is 6.17. The van der Waals surface area contributed by atoms with Crippen molar-refractivity contribution < 1.29 is 31.1 Å². The van der Waals surface area contributed by atoms with Crippen LogP contribution in [-0.4, -0.2) is 33.0 Å². The summed E-state index contributed by atoms with van der Waals surface area (Å²) in [6.07, 6.45) is 0.313. The summed E-state index contributed by atoms with van der Waals surface area (Å²) < 4.78 is 64.5. The second kappa shape index (κ2) is 8.54. The summed E-state index contributed by atoms with van der Waals surface area (Å²) in [4.78, 5) is 11.2. The van der Waals surface area contributed by atoms with Crippen LogP contribution in [0.25, 0.3) is 0 Å². The Morgan fingerprint density at radius 2 is 2.00 bits per heavy atom. The number of nitrogens with one attached hydrogen (secondary N) is 2. The van der Waals surface area contributed by atoms with Crippen molar-refractivity contribution in [2.45, 2.75) is 25.4 Å². The molecule has 0 unspecified atom stereocenters. The minimum Gasteiger partial charge on any atom is -0.492 e. The molecular formula is C13H16ClF3N2O4S. The van der Waals surface area contributed by atoms with Gasteiger partial charge in [0, 0.05) is 24.5 Å². The maximum absolute atomic E-state index is 12.1. The van der Waals surface area contributed by atoms with E-state index < -0.39 is 22.1 Å². The molecule has 6 nitrogen and oxygen atoms in total. The molecule has 0 radical (unpaired) electrons. The highest BCUT2D eigenvalue weighted by atomic mass is 35.5. The molecule has 0 bridgehead atoms. The average molecular weight is 389 g/mol. The lowest BCUT2D eigenvalue weighted by atomic mass is 10.2. The van der Waals surface area contributed by atoms with Crippen LogP contribution in [-0.2, 0) is 21.4 Å². The monoisotopic (exact) mass is 388 g/mol. The van der Waals surface area contributed by atoms with E-state index >= 15 is 0 Å². The van der Waals surface area contributed by atoms with Gasteiger partial charge in [0.05, 0.1) is 0 Å². The van der Waals surface area contributed by atoms with Gasteiger partial charge in [0.15, 0.2) is 0 Å². The predicted octanol–water partition coefficient (Wildman–Crippen LogP) is 2.18. The molecule has 0 heterocycles. The van der Waals surface area contributed by atoms with Gasteiger partial charge in [-0.3, -0.25) is 4.79 Å². The first-order valence-electron chi connectivity index (χ1n) is 6.80. The molecule has 0 aliphatic heterocycles. The summed E-state index contributed by atoms with van der Waals surface area (Å²) in [6, 6.07) is 4.49. The van der Waals surface area contributed by atoms with E-state index in [1.807, 2.05) is 0 Å². The van der Waals surface area contributed by atoms with Crippen LogP contribution in [0.15, 0.2) is 18.2 Å². The molecule has 0 aliphatic carbocycles. The number of amides is 1. The standard InChI is InChI=1S/C13H16ClF3N2O4S/c1-2-12(20)18-8-9-7-10(3-4-11(9)14)23-6-5-19-24(21,22)13(15,16)17/h3-4,7,19H,2,5-6,8H2,1H3,(H,18,20). The van der Waals surface area contributed by atoms with Crippen molar-refractivity contribution in [1.82, 2.24) is 10.0 Å². The fourth-order valence-electron chi connectivity index (χ4n) is 1.52. The molecule has 24 heavy (non-hydrogen) atoms. The smallest absolute Gasteiger partial charge is 0.492 e. The highest BCUT2D eigenvalue weighted by molar-refractivity contribution is 7.90. The molecule has 0 atom stereocenters. The summed E-state index contributed by atoms with van der Waals surface area (Å²) in [6.45, 7) is 1.01. The summed E-state index contributed by atoms with van der Waals surface area (Å²) >= 11 is 5.97. The molecule has 0 saturated heterocycles. The molecule has 0 aromatic heterocycles.